The van der Waals surface area contributed by atoms with Gasteiger partial charge in [0.15, 0.2) is 0 Å². The molecule has 0 amide bonds. The van der Waals surface area contributed by atoms with Crippen LogP contribution in [0.1, 0.15) is 32.0 Å². The lowest BCUT2D eigenvalue weighted by Gasteiger charge is -2.03. The Morgan fingerprint density at radius 2 is 1.94 bits per heavy atom. The smallest absolute Gasteiger partial charge is 0.347 e. The molecule has 0 aliphatic carbocycles. The van der Waals surface area contributed by atoms with Crippen molar-refractivity contribution in [3.63, 3.8) is 0 Å². The van der Waals surface area contributed by atoms with Crippen molar-refractivity contribution in [1.29, 1.82) is 0 Å². The van der Waals surface area contributed by atoms with Crippen LogP contribution in [0.25, 0.3) is 0 Å². The average molecular weight is 227 g/mol. The maximum atomic E-state index is 11.6. The van der Waals surface area contributed by atoms with Crippen molar-refractivity contribution in [2.24, 2.45) is 0 Å². The standard InChI is InChI=1S/C13H9NO3/c15-12-10-5-1-3-8(11(10)13(16)17-12)7-9-4-2-6-14-9/h1-6,14H,7H2. The first kappa shape index (κ1) is 9.84. The second kappa shape index (κ2) is 3.59. The van der Waals surface area contributed by atoms with Gasteiger partial charge in [-0.1, -0.05) is 12.1 Å². The van der Waals surface area contributed by atoms with E-state index in [1.807, 2.05) is 24.4 Å². The van der Waals surface area contributed by atoms with Crippen molar-refractivity contribution in [1.82, 2.24) is 4.98 Å². The molecule has 0 atom stereocenters. The van der Waals surface area contributed by atoms with E-state index < -0.39 is 11.9 Å². The van der Waals surface area contributed by atoms with Crippen molar-refractivity contribution in [2.45, 2.75) is 6.42 Å². The number of benzene rings is 1. The van der Waals surface area contributed by atoms with Crippen LogP contribution in [-0.2, 0) is 11.2 Å². The van der Waals surface area contributed by atoms with Gasteiger partial charge in [-0.3, -0.25) is 0 Å². The zero-order valence-corrected chi connectivity index (χ0v) is 8.90. The molecule has 0 spiro atoms. The Bertz CT molecular complexity index is 599. The van der Waals surface area contributed by atoms with Gasteiger partial charge in [0.1, 0.15) is 0 Å². The molecule has 2 heterocycles. The van der Waals surface area contributed by atoms with E-state index in [4.69, 9.17) is 0 Å². The summed E-state index contributed by atoms with van der Waals surface area (Å²) >= 11 is 0. The van der Waals surface area contributed by atoms with Gasteiger partial charge < -0.3 is 9.72 Å². The van der Waals surface area contributed by atoms with Gasteiger partial charge in [0.2, 0.25) is 0 Å². The van der Waals surface area contributed by atoms with E-state index in [0.717, 1.165) is 11.3 Å². The van der Waals surface area contributed by atoms with Crippen molar-refractivity contribution in [3.8, 4) is 0 Å². The number of carbonyl (C=O) groups is 2. The zero-order valence-electron chi connectivity index (χ0n) is 8.90. The van der Waals surface area contributed by atoms with Crippen molar-refractivity contribution in [2.75, 3.05) is 0 Å². The minimum Gasteiger partial charge on any atom is -0.386 e. The number of hydrogen-bond donors (Lipinski definition) is 1. The van der Waals surface area contributed by atoms with Crippen LogP contribution in [0.4, 0.5) is 0 Å². The monoisotopic (exact) mass is 227 g/mol. The molecule has 84 valence electrons. The Kier molecular flexibility index (Phi) is 2.08. The number of carbonyl (C=O) groups excluding carboxylic acids is 2. The number of aromatic amines is 1. The molecule has 3 rings (SSSR count). The van der Waals surface area contributed by atoms with E-state index in [1.165, 1.54) is 0 Å². The highest BCUT2D eigenvalue weighted by atomic mass is 16.6. The number of H-pyrrole nitrogens is 1. The van der Waals surface area contributed by atoms with E-state index in [9.17, 15) is 9.59 Å². The van der Waals surface area contributed by atoms with Gasteiger partial charge in [0.05, 0.1) is 11.1 Å². The van der Waals surface area contributed by atoms with Gasteiger partial charge in [-0.15, -0.1) is 0 Å². The van der Waals surface area contributed by atoms with Crippen LogP contribution in [0.15, 0.2) is 36.5 Å². The number of ether oxygens (including phenoxy) is 1. The summed E-state index contributed by atoms with van der Waals surface area (Å²) in [5.74, 6) is -1.11. The molecule has 0 saturated heterocycles. The first-order chi connectivity index (χ1) is 8.25. The molecule has 2 aromatic rings. The van der Waals surface area contributed by atoms with Gasteiger partial charge in [0.25, 0.3) is 0 Å². The molecule has 0 saturated carbocycles. The Balaban J connectivity index is 2.07. The Morgan fingerprint density at radius 3 is 2.71 bits per heavy atom. The molecule has 17 heavy (non-hydrogen) atoms. The highest BCUT2D eigenvalue weighted by Crippen LogP contribution is 2.25. The Morgan fingerprint density at radius 1 is 1.06 bits per heavy atom. The summed E-state index contributed by atoms with van der Waals surface area (Å²) in [6.07, 6.45) is 2.40. The second-order valence-corrected chi connectivity index (χ2v) is 3.89. The predicted molar refractivity (Wildman–Crippen MR) is 59.8 cm³/mol. The highest BCUT2D eigenvalue weighted by Gasteiger charge is 2.31. The predicted octanol–water partition coefficient (Wildman–Crippen LogP) is 1.92. The van der Waals surface area contributed by atoms with Gasteiger partial charge >= 0.3 is 11.9 Å². The largest absolute Gasteiger partial charge is 0.386 e. The Labute approximate surface area is 97.2 Å². The minimum absolute atomic E-state index is 0.360. The van der Waals surface area contributed by atoms with Gasteiger partial charge in [-0.05, 0) is 23.8 Å². The maximum absolute atomic E-state index is 11.6. The molecule has 0 fully saturated rings. The zero-order chi connectivity index (χ0) is 11.8. The molecule has 1 aromatic heterocycles. The molecule has 1 N–H and O–H groups in total. The number of hydrogen-bond acceptors (Lipinski definition) is 3. The van der Waals surface area contributed by atoms with Gasteiger partial charge in [-0.2, -0.15) is 0 Å². The topological polar surface area (TPSA) is 59.2 Å². The summed E-state index contributed by atoms with van der Waals surface area (Å²) in [6.45, 7) is 0. The van der Waals surface area contributed by atoms with Crippen LogP contribution in [0, 0.1) is 0 Å². The highest BCUT2D eigenvalue weighted by molar-refractivity contribution is 6.15. The minimum atomic E-state index is -0.557. The van der Waals surface area contributed by atoms with E-state index in [2.05, 4.69) is 9.72 Å². The van der Waals surface area contributed by atoms with E-state index in [1.54, 1.807) is 12.1 Å². The molecular weight excluding hydrogens is 218 g/mol. The molecule has 4 nitrogen and oxygen atoms in total. The van der Waals surface area contributed by atoms with Gasteiger partial charge in [-0.25, -0.2) is 9.59 Å². The third-order valence-corrected chi connectivity index (χ3v) is 2.80. The summed E-state index contributed by atoms with van der Waals surface area (Å²) in [5.41, 5.74) is 2.55. The SMILES string of the molecule is O=C1OC(=O)c2c(Cc3ccc[nH]3)cccc21. The van der Waals surface area contributed by atoms with Crippen molar-refractivity contribution < 1.29 is 14.3 Å². The quantitative estimate of drug-likeness (QED) is 0.629. The van der Waals surface area contributed by atoms with E-state index in [-0.39, 0.29) is 0 Å². The lowest BCUT2D eigenvalue weighted by atomic mass is 9.99. The number of aromatic nitrogens is 1. The summed E-state index contributed by atoms with van der Waals surface area (Å²) in [5, 5.41) is 0. The van der Waals surface area contributed by atoms with E-state index >= 15 is 0 Å². The van der Waals surface area contributed by atoms with Crippen LogP contribution in [0.2, 0.25) is 0 Å². The fourth-order valence-electron chi connectivity index (χ4n) is 2.03. The fourth-order valence-corrected chi connectivity index (χ4v) is 2.03. The van der Waals surface area contributed by atoms with Crippen molar-refractivity contribution in [3.05, 3.63) is 58.9 Å². The molecule has 0 unspecified atom stereocenters. The van der Waals surface area contributed by atoms with Crippen LogP contribution in [0.5, 0.6) is 0 Å². The summed E-state index contributed by atoms with van der Waals surface area (Å²) in [4.78, 5) is 26.0. The summed E-state index contributed by atoms with van der Waals surface area (Å²) in [6, 6.07) is 9.03. The van der Waals surface area contributed by atoms with Crippen LogP contribution < -0.4 is 0 Å². The molecule has 4 heteroatoms. The van der Waals surface area contributed by atoms with Gasteiger partial charge in [0, 0.05) is 18.3 Å². The maximum Gasteiger partial charge on any atom is 0.347 e. The fraction of sp³-hybridized carbons (Fsp3) is 0.0769. The first-order valence-electron chi connectivity index (χ1n) is 5.26. The summed E-state index contributed by atoms with van der Waals surface area (Å²) < 4.78 is 4.60. The number of fused-ring (bicyclic) bond motifs is 1. The van der Waals surface area contributed by atoms with Crippen LogP contribution in [0.3, 0.4) is 0 Å². The van der Waals surface area contributed by atoms with E-state index in [0.29, 0.717) is 17.5 Å². The average Bonchev–Trinajstić information content (AvgIpc) is 2.90. The normalized spacial score (nSPS) is 13.6. The molecule has 1 aliphatic heterocycles. The molecule has 0 radical (unpaired) electrons. The number of rotatable bonds is 2. The lowest BCUT2D eigenvalue weighted by Crippen LogP contribution is -2.01. The third kappa shape index (κ3) is 1.54. The number of esters is 2. The number of cyclic esters (lactones) is 2. The summed E-state index contributed by atoms with van der Waals surface area (Å²) in [7, 11) is 0. The first-order valence-corrected chi connectivity index (χ1v) is 5.26. The Hall–Kier alpha value is -2.36. The lowest BCUT2D eigenvalue weighted by molar-refractivity contribution is 0.0443. The molecule has 0 bridgehead atoms. The molecule has 1 aromatic carbocycles. The van der Waals surface area contributed by atoms with Crippen LogP contribution >= 0.6 is 0 Å². The molecule has 1 aliphatic rings. The van der Waals surface area contributed by atoms with Crippen molar-refractivity contribution >= 4 is 11.9 Å². The molecular formula is C13H9NO3. The second-order valence-electron chi connectivity index (χ2n) is 3.89. The number of nitrogens with one attached hydrogen (secondary N) is 1. The third-order valence-electron chi connectivity index (χ3n) is 2.80. The van der Waals surface area contributed by atoms with Crippen LogP contribution in [-0.4, -0.2) is 16.9 Å².